The Morgan fingerprint density at radius 2 is 2.19 bits per heavy atom. The van der Waals surface area contributed by atoms with Gasteiger partial charge < -0.3 is 0 Å². The molecule has 0 saturated carbocycles. The van der Waals surface area contributed by atoms with Gasteiger partial charge in [-0.3, -0.25) is 5.84 Å². The normalized spacial score (nSPS) is 12.7. The molecular formula is C11H14N4S. The van der Waals surface area contributed by atoms with Crippen molar-refractivity contribution in [3.8, 4) is 0 Å². The number of aromatic nitrogens is 2. The summed E-state index contributed by atoms with van der Waals surface area (Å²) in [4.78, 5) is 1.06. The van der Waals surface area contributed by atoms with Crippen molar-refractivity contribution in [2.45, 2.75) is 19.9 Å². The van der Waals surface area contributed by atoms with Crippen molar-refractivity contribution in [2.24, 2.45) is 5.84 Å². The van der Waals surface area contributed by atoms with Crippen LogP contribution >= 0.6 is 11.5 Å². The SMILES string of the molecule is Cc1cccc(C(NN)c2snnc2C)c1. The first-order valence-electron chi connectivity index (χ1n) is 5.04. The maximum Gasteiger partial charge on any atom is 0.0837 e. The monoisotopic (exact) mass is 234 g/mol. The van der Waals surface area contributed by atoms with E-state index in [9.17, 15) is 0 Å². The van der Waals surface area contributed by atoms with Gasteiger partial charge in [-0.2, -0.15) is 0 Å². The number of nitrogens with one attached hydrogen (secondary N) is 1. The van der Waals surface area contributed by atoms with Crippen molar-refractivity contribution in [3.05, 3.63) is 46.0 Å². The van der Waals surface area contributed by atoms with Gasteiger partial charge in [0, 0.05) is 0 Å². The zero-order valence-electron chi connectivity index (χ0n) is 9.27. The van der Waals surface area contributed by atoms with Crippen LogP contribution in [-0.2, 0) is 0 Å². The molecule has 16 heavy (non-hydrogen) atoms. The maximum absolute atomic E-state index is 5.62. The number of nitrogens with zero attached hydrogens (tertiary/aromatic N) is 2. The zero-order valence-corrected chi connectivity index (χ0v) is 10.1. The molecule has 1 aromatic carbocycles. The highest BCUT2D eigenvalue weighted by Crippen LogP contribution is 2.26. The van der Waals surface area contributed by atoms with E-state index in [2.05, 4.69) is 40.1 Å². The number of hydrogen-bond acceptors (Lipinski definition) is 5. The summed E-state index contributed by atoms with van der Waals surface area (Å²) in [5.41, 5.74) is 6.10. The van der Waals surface area contributed by atoms with Gasteiger partial charge in [-0.15, -0.1) is 5.10 Å². The van der Waals surface area contributed by atoms with E-state index in [1.807, 2.05) is 13.0 Å². The molecule has 0 spiro atoms. The fraction of sp³-hybridized carbons (Fsp3) is 0.273. The Balaban J connectivity index is 2.40. The average molecular weight is 234 g/mol. The van der Waals surface area contributed by atoms with E-state index >= 15 is 0 Å². The van der Waals surface area contributed by atoms with Crippen LogP contribution in [0.3, 0.4) is 0 Å². The summed E-state index contributed by atoms with van der Waals surface area (Å²) in [6.45, 7) is 4.01. The first kappa shape index (κ1) is 11.2. The molecule has 1 unspecified atom stereocenters. The van der Waals surface area contributed by atoms with Crippen molar-refractivity contribution in [2.75, 3.05) is 0 Å². The predicted octanol–water partition coefficient (Wildman–Crippen LogP) is 1.71. The molecule has 4 nitrogen and oxygen atoms in total. The van der Waals surface area contributed by atoms with Crippen LogP contribution in [-0.4, -0.2) is 9.59 Å². The van der Waals surface area contributed by atoms with Crippen molar-refractivity contribution >= 4 is 11.5 Å². The van der Waals surface area contributed by atoms with Crippen LogP contribution in [0.25, 0.3) is 0 Å². The summed E-state index contributed by atoms with van der Waals surface area (Å²) in [7, 11) is 0. The largest absolute Gasteiger partial charge is 0.271 e. The molecule has 3 N–H and O–H groups in total. The molecule has 84 valence electrons. The third-order valence-corrected chi connectivity index (χ3v) is 3.38. The van der Waals surface area contributed by atoms with Crippen LogP contribution in [0.1, 0.15) is 27.7 Å². The van der Waals surface area contributed by atoms with E-state index in [-0.39, 0.29) is 6.04 Å². The predicted molar refractivity (Wildman–Crippen MR) is 65.0 cm³/mol. The van der Waals surface area contributed by atoms with Crippen LogP contribution in [0.15, 0.2) is 24.3 Å². The third kappa shape index (κ3) is 2.11. The van der Waals surface area contributed by atoms with E-state index in [1.165, 1.54) is 17.1 Å². The van der Waals surface area contributed by atoms with Gasteiger partial charge in [-0.05, 0) is 30.9 Å². The van der Waals surface area contributed by atoms with Crippen molar-refractivity contribution in [3.63, 3.8) is 0 Å². The topological polar surface area (TPSA) is 63.8 Å². The zero-order chi connectivity index (χ0) is 11.5. The Morgan fingerprint density at radius 3 is 2.75 bits per heavy atom. The van der Waals surface area contributed by atoms with Gasteiger partial charge in [0.2, 0.25) is 0 Å². The lowest BCUT2D eigenvalue weighted by Gasteiger charge is -2.15. The second-order valence-electron chi connectivity index (χ2n) is 3.74. The first-order chi connectivity index (χ1) is 7.72. The van der Waals surface area contributed by atoms with E-state index in [4.69, 9.17) is 5.84 Å². The number of nitrogens with two attached hydrogens (primary N) is 1. The molecule has 0 fully saturated rings. The molecule has 0 aliphatic rings. The second-order valence-corrected chi connectivity index (χ2v) is 4.52. The van der Waals surface area contributed by atoms with Gasteiger partial charge in [0.05, 0.1) is 16.6 Å². The van der Waals surface area contributed by atoms with Crippen molar-refractivity contribution < 1.29 is 0 Å². The fourth-order valence-corrected chi connectivity index (χ4v) is 2.41. The molecule has 1 atom stereocenters. The van der Waals surface area contributed by atoms with Gasteiger partial charge in [0.15, 0.2) is 0 Å². The number of rotatable bonds is 3. The Kier molecular flexibility index (Phi) is 3.28. The van der Waals surface area contributed by atoms with Crippen molar-refractivity contribution in [1.29, 1.82) is 0 Å². The molecule has 2 aromatic rings. The summed E-state index contributed by atoms with van der Waals surface area (Å²) >= 11 is 1.38. The van der Waals surface area contributed by atoms with E-state index in [0.717, 1.165) is 16.1 Å². The molecule has 0 amide bonds. The summed E-state index contributed by atoms with van der Waals surface area (Å²) in [6.07, 6.45) is 0. The minimum Gasteiger partial charge on any atom is -0.271 e. The van der Waals surface area contributed by atoms with E-state index < -0.39 is 0 Å². The quantitative estimate of drug-likeness (QED) is 0.627. The lowest BCUT2D eigenvalue weighted by molar-refractivity contribution is 0.641. The van der Waals surface area contributed by atoms with Crippen molar-refractivity contribution in [1.82, 2.24) is 15.0 Å². The van der Waals surface area contributed by atoms with E-state index in [1.54, 1.807) is 0 Å². The lowest BCUT2D eigenvalue weighted by atomic mass is 10.0. The average Bonchev–Trinajstić information content (AvgIpc) is 2.67. The van der Waals surface area contributed by atoms with Gasteiger partial charge in [-0.1, -0.05) is 34.3 Å². The number of benzene rings is 1. The molecule has 0 aliphatic heterocycles. The highest BCUT2D eigenvalue weighted by molar-refractivity contribution is 7.05. The summed E-state index contributed by atoms with van der Waals surface area (Å²) < 4.78 is 3.93. The fourth-order valence-electron chi connectivity index (χ4n) is 1.68. The highest BCUT2D eigenvalue weighted by Gasteiger charge is 2.17. The minimum absolute atomic E-state index is 0.0279. The molecule has 5 heteroatoms. The molecule has 2 rings (SSSR count). The summed E-state index contributed by atoms with van der Waals surface area (Å²) in [5.74, 6) is 5.62. The second kappa shape index (κ2) is 4.69. The smallest absolute Gasteiger partial charge is 0.0837 e. The molecule has 1 heterocycles. The maximum atomic E-state index is 5.62. The van der Waals surface area contributed by atoms with Crippen LogP contribution in [0.2, 0.25) is 0 Å². The Labute approximate surface area is 98.6 Å². The standard InChI is InChI=1S/C11H14N4S/c1-7-4-3-5-9(6-7)10(13-12)11-8(2)14-15-16-11/h3-6,10,13H,12H2,1-2H3. The van der Waals surface area contributed by atoms with Gasteiger partial charge in [-0.25, -0.2) is 5.43 Å². The molecule has 0 saturated heterocycles. The summed E-state index contributed by atoms with van der Waals surface area (Å²) in [6, 6.07) is 8.23. The number of hydrazine groups is 1. The van der Waals surface area contributed by atoms with Gasteiger partial charge in [0.1, 0.15) is 0 Å². The Morgan fingerprint density at radius 1 is 1.38 bits per heavy atom. The van der Waals surface area contributed by atoms with Crippen LogP contribution in [0, 0.1) is 13.8 Å². The minimum atomic E-state index is -0.0279. The molecule has 0 aliphatic carbocycles. The van der Waals surface area contributed by atoms with Crippen LogP contribution in [0.4, 0.5) is 0 Å². The highest BCUT2D eigenvalue weighted by atomic mass is 32.1. The van der Waals surface area contributed by atoms with Crippen LogP contribution in [0.5, 0.6) is 0 Å². The van der Waals surface area contributed by atoms with E-state index in [0.29, 0.717) is 0 Å². The Bertz CT molecular complexity index is 480. The number of aryl methyl sites for hydroxylation is 2. The first-order valence-corrected chi connectivity index (χ1v) is 5.81. The van der Waals surface area contributed by atoms with Crippen LogP contribution < -0.4 is 11.3 Å². The lowest BCUT2D eigenvalue weighted by Crippen LogP contribution is -2.28. The summed E-state index contributed by atoms with van der Waals surface area (Å²) in [5, 5.41) is 4.01. The molecule has 1 aromatic heterocycles. The molecule has 0 bridgehead atoms. The van der Waals surface area contributed by atoms with Gasteiger partial charge >= 0.3 is 0 Å². The third-order valence-electron chi connectivity index (χ3n) is 2.49. The number of hydrogen-bond donors (Lipinski definition) is 2. The Hall–Kier alpha value is -1.30. The molecular weight excluding hydrogens is 220 g/mol. The molecule has 0 radical (unpaired) electrons. The van der Waals surface area contributed by atoms with Gasteiger partial charge in [0.25, 0.3) is 0 Å².